The van der Waals surface area contributed by atoms with E-state index in [0.29, 0.717) is 22.5 Å². The molecule has 32 heavy (non-hydrogen) atoms. The summed E-state index contributed by atoms with van der Waals surface area (Å²) in [5.41, 5.74) is 7.80. The molecule has 1 aromatic carbocycles. The number of sulfone groups is 1. The highest BCUT2D eigenvalue weighted by Gasteiger charge is 2.34. The van der Waals surface area contributed by atoms with Crippen LogP contribution in [0.4, 0.5) is 5.69 Å². The Labute approximate surface area is 188 Å². The molecule has 1 aliphatic rings. The highest BCUT2D eigenvalue weighted by molar-refractivity contribution is 7.92. The van der Waals surface area contributed by atoms with Gasteiger partial charge >= 0.3 is 0 Å². The predicted octanol–water partition coefficient (Wildman–Crippen LogP) is 2.22. The van der Waals surface area contributed by atoms with Crippen molar-refractivity contribution in [1.29, 1.82) is 0 Å². The third kappa shape index (κ3) is 4.72. The normalized spacial score (nSPS) is 18.8. The number of nitrogens with one attached hydrogen (secondary N) is 2. The standard InChI is InChI=1S/C21H28N5O4PS/c1-14(2)32(28,29)17-9-7-6-8-16(17)24-18-12-13-23-21(22,26-18)15-10-11-19(31(4,5)27)25-20(15)30-3/h6-14,24,26H,22H2,1-5H3. The second-order valence-electron chi connectivity index (χ2n) is 8.04. The van der Waals surface area contributed by atoms with Crippen LogP contribution in [0.5, 0.6) is 5.88 Å². The fourth-order valence-corrected chi connectivity index (χ4v) is 5.08. The summed E-state index contributed by atoms with van der Waals surface area (Å²) >= 11 is 0. The predicted molar refractivity (Wildman–Crippen MR) is 128 cm³/mol. The number of benzene rings is 1. The van der Waals surface area contributed by atoms with Gasteiger partial charge in [0.2, 0.25) is 11.7 Å². The number of methoxy groups -OCH3 is 1. The van der Waals surface area contributed by atoms with Gasteiger partial charge in [0, 0.05) is 6.21 Å². The van der Waals surface area contributed by atoms with Gasteiger partial charge in [0.05, 0.1) is 28.5 Å². The van der Waals surface area contributed by atoms with Gasteiger partial charge in [-0.05, 0) is 57.5 Å². The van der Waals surface area contributed by atoms with Crippen LogP contribution in [0.15, 0.2) is 58.2 Å². The van der Waals surface area contributed by atoms with Crippen molar-refractivity contribution in [3.05, 3.63) is 53.9 Å². The molecule has 0 bridgehead atoms. The summed E-state index contributed by atoms with van der Waals surface area (Å²) in [6, 6.07) is 9.97. The van der Waals surface area contributed by atoms with E-state index in [1.807, 2.05) is 0 Å². The van der Waals surface area contributed by atoms with Gasteiger partial charge in [-0.3, -0.25) is 5.73 Å². The second-order valence-corrected chi connectivity index (χ2v) is 13.7. The Kier molecular flexibility index (Phi) is 6.51. The van der Waals surface area contributed by atoms with Gasteiger partial charge in [-0.15, -0.1) is 0 Å². The zero-order valence-corrected chi connectivity index (χ0v) is 20.4. The molecule has 1 atom stereocenters. The first kappa shape index (κ1) is 24.0. The first-order chi connectivity index (χ1) is 14.9. The third-order valence-corrected chi connectivity index (χ3v) is 8.49. The maximum atomic E-state index is 12.8. The van der Waals surface area contributed by atoms with Gasteiger partial charge in [0.25, 0.3) is 0 Å². The van der Waals surface area contributed by atoms with Crippen molar-refractivity contribution in [1.82, 2.24) is 10.3 Å². The van der Waals surface area contributed by atoms with E-state index in [1.54, 1.807) is 69.7 Å². The fraction of sp³-hybridized carbons (Fsp3) is 0.333. The van der Waals surface area contributed by atoms with Gasteiger partial charge in [-0.1, -0.05) is 12.1 Å². The third-order valence-electron chi connectivity index (χ3n) is 4.93. The highest BCUT2D eigenvalue weighted by Crippen LogP contribution is 2.36. The van der Waals surface area contributed by atoms with Crippen LogP contribution in [0.3, 0.4) is 0 Å². The van der Waals surface area contributed by atoms with Gasteiger partial charge in [-0.25, -0.2) is 18.4 Å². The average molecular weight is 478 g/mol. The molecular weight excluding hydrogens is 449 g/mol. The van der Waals surface area contributed by atoms with Crippen molar-refractivity contribution in [2.45, 2.75) is 29.8 Å². The molecule has 0 amide bonds. The number of para-hydroxylation sites is 1. The number of rotatable bonds is 7. The monoisotopic (exact) mass is 477 g/mol. The maximum Gasteiger partial charge on any atom is 0.222 e. The lowest BCUT2D eigenvalue weighted by Gasteiger charge is -2.32. The van der Waals surface area contributed by atoms with E-state index >= 15 is 0 Å². The van der Waals surface area contributed by atoms with Crippen molar-refractivity contribution in [3.8, 4) is 5.88 Å². The Balaban J connectivity index is 1.95. The number of aliphatic imine (C=N–C) groups is 1. The lowest BCUT2D eigenvalue weighted by Crippen LogP contribution is -2.51. The number of anilines is 1. The molecule has 9 nitrogen and oxygen atoms in total. The lowest BCUT2D eigenvalue weighted by molar-refractivity contribution is 0.345. The molecule has 0 radical (unpaired) electrons. The van der Waals surface area contributed by atoms with Crippen molar-refractivity contribution >= 4 is 34.3 Å². The minimum absolute atomic E-state index is 0.188. The molecule has 0 spiro atoms. The van der Waals surface area contributed by atoms with Crippen molar-refractivity contribution in [2.24, 2.45) is 10.7 Å². The van der Waals surface area contributed by atoms with Gasteiger partial charge < -0.3 is 19.9 Å². The van der Waals surface area contributed by atoms with E-state index in [0.717, 1.165) is 0 Å². The topological polar surface area (TPSA) is 136 Å². The average Bonchev–Trinajstić information content (AvgIpc) is 2.73. The Bertz CT molecular complexity index is 1240. The quantitative estimate of drug-likeness (QED) is 0.517. The molecule has 0 aliphatic carbocycles. The molecule has 2 heterocycles. The van der Waals surface area contributed by atoms with E-state index < -0.39 is 28.0 Å². The number of hydrogen-bond acceptors (Lipinski definition) is 9. The van der Waals surface area contributed by atoms with E-state index in [9.17, 15) is 13.0 Å². The minimum Gasteiger partial charge on any atom is -0.481 e. The highest BCUT2D eigenvalue weighted by atomic mass is 32.2. The molecule has 2 aromatic rings. The number of pyridine rings is 1. The number of aromatic nitrogens is 1. The summed E-state index contributed by atoms with van der Waals surface area (Å²) in [6.45, 7) is 6.51. The molecule has 3 rings (SSSR count). The molecule has 0 saturated carbocycles. The molecule has 1 unspecified atom stereocenters. The van der Waals surface area contributed by atoms with Gasteiger partial charge in [-0.2, -0.15) is 0 Å². The Morgan fingerprint density at radius 3 is 2.50 bits per heavy atom. The minimum atomic E-state index is -3.51. The summed E-state index contributed by atoms with van der Waals surface area (Å²) < 4.78 is 43.3. The molecule has 11 heteroatoms. The van der Waals surface area contributed by atoms with E-state index in [4.69, 9.17) is 10.5 Å². The number of hydrogen-bond donors (Lipinski definition) is 3. The fourth-order valence-electron chi connectivity index (χ4n) is 3.11. The number of ether oxygens (including phenoxy) is 1. The second kappa shape index (κ2) is 8.69. The Morgan fingerprint density at radius 2 is 1.88 bits per heavy atom. The summed E-state index contributed by atoms with van der Waals surface area (Å²) in [7, 11) is -4.66. The molecule has 1 aromatic heterocycles. The van der Waals surface area contributed by atoms with Crippen molar-refractivity contribution < 1.29 is 17.7 Å². The summed E-state index contributed by atoms with van der Waals surface area (Å²) in [5.74, 6) is -0.801. The number of allylic oxidation sites excluding steroid dienone is 1. The first-order valence-corrected chi connectivity index (χ1v) is 14.1. The first-order valence-electron chi connectivity index (χ1n) is 9.92. The summed E-state index contributed by atoms with van der Waals surface area (Å²) in [4.78, 5) is 8.89. The van der Waals surface area contributed by atoms with Crippen LogP contribution in [0, 0.1) is 0 Å². The van der Waals surface area contributed by atoms with E-state index in [1.165, 1.54) is 13.3 Å². The van der Waals surface area contributed by atoms with Crippen molar-refractivity contribution in [2.75, 3.05) is 25.8 Å². The van der Waals surface area contributed by atoms with Crippen LogP contribution < -0.4 is 26.5 Å². The molecule has 1 aliphatic heterocycles. The van der Waals surface area contributed by atoms with Crippen LogP contribution in [0.1, 0.15) is 19.4 Å². The summed E-state index contributed by atoms with van der Waals surface area (Å²) in [6.07, 6.45) is 3.15. The molecule has 0 fully saturated rings. The largest absolute Gasteiger partial charge is 0.481 e. The van der Waals surface area contributed by atoms with Gasteiger partial charge in [0.1, 0.15) is 18.4 Å². The van der Waals surface area contributed by atoms with Crippen LogP contribution >= 0.6 is 7.14 Å². The van der Waals surface area contributed by atoms with Gasteiger partial charge in [0.15, 0.2) is 9.84 Å². The smallest absolute Gasteiger partial charge is 0.222 e. The SMILES string of the molecule is COc1nc(P(C)(C)=O)ccc1C1(N)N=CC=C(Nc2ccccc2S(=O)(=O)C(C)C)N1. The molecule has 4 N–H and O–H groups in total. The van der Waals surface area contributed by atoms with E-state index in [2.05, 4.69) is 20.6 Å². The van der Waals surface area contributed by atoms with Crippen LogP contribution in [0.2, 0.25) is 0 Å². The lowest BCUT2D eigenvalue weighted by atomic mass is 10.1. The number of nitrogens with two attached hydrogens (primary N) is 1. The zero-order valence-electron chi connectivity index (χ0n) is 18.7. The van der Waals surface area contributed by atoms with Crippen LogP contribution in [0.25, 0.3) is 0 Å². The molecule has 0 saturated heterocycles. The Morgan fingerprint density at radius 1 is 1.19 bits per heavy atom. The van der Waals surface area contributed by atoms with Crippen LogP contribution in [-0.2, 0) is 20.2 Å². The molecular formula is C21H28N5O4PS. The molecule has 172 valence electrons. The summed E-state index contributed by atoms with van der Waals surface area (Å²) in [5, 5.41) is 5.61. The van der Waals surface area contributed by atoms with Crippen molar-refractivity contribution in [3.63, 3.8) is 0 Å². The zero-order chi connectivity index (χ0) is 23.7. The van der Waals surface area contributed by atoms with Crippen LogP contribution in [-0.4, -0.2) is 45.3 Å². The Hall–Kier alpha value is -2.68. The van der Waals surface area contributed by atoms with E-state index in [-0.39, 0.29) is 10.8 Å². The number of nitrogens with zero attached hydrogens (tertiary/aromatic N) is 2. The maximum absolute atomic E-state index is 12.8.